The van der Waals surface area contributed by atoms with Crippen molar-refractivity contribution in [1.82, 2.24) is 0 Å². The number of fused-ring (bicyclic) bond motifs is 1. The van der Waals surface area contributed by atoms with E-state index in [0.29, 0.717) is 0 Å². The fourth-order valence-corrected chi connectivity index (χ4v) is 4.59. The predicted octanol–water partition coefficient (Wildman–Crippen LogP) is 4.67. The Labute approximate surface area is 183 Å². The molecule has 0 bridgehead atoms. The Balaban J connectivity index is 1.77. The summed E-state index contributed by atoms with van der Waals surface area (Å²) in [6.07, 6.45) is 0. The lowest BCUT2D eigenvalue weighted by atomic mass is 9.99. The van der Waals surface area contributed by atoms with E-state index < -0.39 is 22.1 Å². The zero-order chi connectivity index (χ0) is 22.9. The second kappa shape index (κ2) is 8.16. The van der Waals surface area contributed by atoms with Crippen molar-refractivity contribution in [3.63, 3.8) is 0 Å². The highest BCUT2D eigenvalue weighted by Gasteiger charge is 2.25. The Morgan fingerprint density at radius 1 is 0.656 bits per heavy atom. The van der Waals surface area contributed by atoms with Crippen LogP contribution in [0, 0.1) is 0 Å². The van der Waals surface area contributed by atoms with Crippen LogP contribution in [0.15, 0.2) is 89.8 Å². The molecule has 2 N–H and O–H groups in total. The van der Waals surface area contributed by atoms with Crippen molar-refractivity contribution in [2.45, 2.75) is 4.90 Å². The summed E-state index contributed by atoms with van der Waals surface area (Å²) in [7, 11) is -4.39. The van der Waals surface area contributed by atoms with Gasteiger partial charge in [0, 0.05) is 10.8 Å². The summed E-state index contributed by atoms with van der Waals surface area (Å²) in [6.45, 7) is 0. The van der Waals surface area contributed by atoms with Crippen LogP contribution < -0.4 is 4.18 Å². The molecular weight excluding hydrogens is 432 g/mol. The first kappa shape index (κ1) is 21.1. The number of carboxylic acids is 2. The van der Waals surface area contributed by atoms with Gasteiger partial charge in [0.15, 0.2) is 0 Å². The lowest BCUT2D eigenvalue weighted by molar-refractivity contribution is 0.0695. The molecule has 7 nitrogen and oxygen atoms in total. The third-order valence-electron chi connectivity index (χ3n) is 4.90. The third-order valence-corrected chi connectivity index (χ3v) is 6.20. The average Bonchev–Trinajstić information content (AvgIpc) is 2.78. The largest absolute Gasteiger partial charge is 0.478 e. The van der Waals surface area contributed by atoms with Gasteiger partial charge in [-0.25, -0.2) is 9.59 Å². The highest BCUT2D eigenvalue weighted by atomic mass is 32.2. The molecular formula is C24H16O7S. The molecule has 160 valence electrons. The minimum absolute atomic E-state index is 0.0503. The van der Waals surface area contributed by atoms with Crippen LogP contribution in [0.5, 0.6) is 5.75 Å². The van der Waals surface area contributed by atoms with Crippen molar-refractivity contribution in [1.29, 1.82) is 0 Å². The van der Waals surface area contributed by atoms with Crippen LogP contribution in [-0.4, -0.2) is 30.6 Å². The van der Waals surface area contributed by atoms with Gasteiger partial charge in [0.05, 0.1) is 11.1 Å². The average molecular weight is 448 g/mol. The summed E-state index contributed by atoms with van der Waals surface area (Å²) in [6, 6.07) is 22.1. The first-order valence-corrected chi connectivity index (χ1v) is 10.8. The molecule has 0 spiro atoms. The van der Waals surface area contributed by atoms with Gasteiger partial charge in [-0.1, -0.05) is 54.6 Å². The molecule has 0 aliphatic heterocycles. The van der Waals surface area contributed by atoms with Crippen molar-refractivity contribution >= 4 is 32.8 Å². The summed E-state index contributed by atoms with van der Waals surface area (Å²) in [5.74, 6) is -2.68. The van der Waals surface area contributed by atoms with Crippen molar-refractivity contribution in [3.05, 3.63) is 96.1 Å². The number of carboxylic acid groups (broad SMARTS) is 2. The molecule has 0 atom stereocenters. The first-order chi connectivity index (χ1) is 15.3. The van der Waals surface area contributed by atoms with Crippen LogP contribution in [0.1, 0.15) is 20.7 Å². The lowest BCUT2D eigenvalue weighted by Gasteiger charge is -2.13. The third kappa shape index (κ3) is 3.91. The molecule has 0 radical (unpaired) electrons. The van der Waals surface area contributed by atoms with Gasteiger partial charge in [0.2, 0.25) is 0 Å². The van der Waals surface area contributed by atoms with E-state index >= 15 is 0 Å². The standard InChI is InChI=1S/C24H16O7S/c25-23(26)19-8-4-7-18-21(14-13-20(22(18)19)24(27)28)32(29,30)31-17-11-9-16(10-12-17)15-5-2-1-3-6-15/h1-14H,(H,25,26)(H,27,28). The quantitative estimate of drug-likeness (QED) is 0.412. The van der Waals surface area contributed by atoms with E-state index in [0.717, 1.165) is 23.3 Å². The second-order valence-corrected chi connectivity index (χ2v) is 8.39. The molecule has 0 saturated carbocycles. The Morgan fingerprint density at radius 2 is 1.25 bits per heavy atom. The second-order valence-electron chi connectivity index (χ2n) is 6.88. The zero-order valence-electron chi connectivity index (χ0n) is 16.4. The molecule has 0 aliphatic rings. The molecule has 0 unspecified atom stereocenters. The van der Waals surface area contributed by atoms with Crippen LogP contribution in [0.2, 0.25) is 0 Å². The monoisotopic (exact) mass is 448 g/mol. The summed E-state index contributed by atoms with van der Waals surface area (Å²) in [5, 5.41) is 18.7. The van der Waals surface area contributed by atoms with E-state index in [-0.39, 0.29) is 32.5 Å². The molecule has 0 aliphatic carbocycles. The van der Waals surface area contributed by atoms with E-state index in [2.05, 4.69) is 0 Å². The minimum Gasteiger partial charge on any atom is -0.478 e. The molecule has 0 heterocycles. The molecule has 4 aromatic carbocycles. The van der Waals surface area contributed by atoms with E-state index in [4.69, 9.17) is 4.18 Å². The highest BCUT2D eigenvalue weighted by molar-refractivity contribution is 7.87. The van der Waals surface area contributed by atoms with E-state index in [1.807, 2.05) is 30.3 Å². The Hall–Kier alpha value is -4.17. The van der Waals surface area contributed by atoms with Gasteiger partial charge in [-0.15, -0.1) is 0 Å². The molecule has 4 rings (SSSR count). The van der Waals surface area contributed by atoms with Gasteiger partial charge in [-0.2, -0.15) is 8.42 Å². The van der Waals surface area contributed by atoms with E-state index in [9.17, 15) is 28.2 Å². The van der Waals surface area contributed by atoms with Crippen LogP contribution >= 0.6 is 0 Å². The van der Waals surface area contributed by atoms with E-state index in [1.54, 1.807) is 12.1 Å². The fraction of sp³-hybridized carbons (Fsp3) is 0. The smallest absolute Gasteiger partial charge is 0.339 e. The van der Waals surface area contributed by atoms with Crippen LogP contribution in [0.25, 0.3) is 21.9 Å². The van der Waals surface area contributed by atoms with Crippen molar-refractivity contribution < 1.29 is 32.4 Å². The summed E-state index contributed by atoms with van der Waals surface area (Å²) < 4.78 is 31.3. The lowest BCUT2D eigenvalue weighted by Crippen LogP contribution is -2.12. The Bertz CT molecular complexity index is 1420. The van der Waals surface area contributed by atoms with Crippen LogP contribution in [0.3, 0.4) is 0 Å². The molecule has 4 aromatic rings. The maximum absolute atomic E-state index is 13.0. The number of hydrogen-bond donors (Lipinski definition) is 2. The summed E-state index contributed by atoms with van der Waals surface area (Å²) in [5.41, 5.74) is 1.20. The van der Waals surface area contributed by atoms with Crippen molar-refractivity contribution in [2.75, 3.05) is 0 Å². The highest BCUT2D eigenvalue weighted by Crippen LogP contribution is 2.32. The topological polar surface area (TPSA) is 118 Å². The number of aromatic carboxylic acids is 2. The number of carbonyl (C=O) groups is 2. The van der Waals surface area contributed by atoms with Gasteiger partial charge < -0.3 is 14.4 Å². The zero-order valence-corrected chi connectivity index (χ0v) is 17.2. The van der Waals surface area contributed by atoms with Crippen molar-refractivity contribution in [2.24, 2.45) is 0 Å². The summed E-state index contributed by atoms with van der Waals surface area (Å²) >= 11 is 0. The van der Waals surface area contributed by atoms with Crippen molar-refractivity contribution in [3.8, 4) is 16.9 Å². The Morgan fingerprint density at radius 3 is 1.88 bits per heavy atom. The minimum atomic E-state index is -4.39. The molecule has 0 amide bonds. The van der Waals surface area contributed by atoms with Crippen LogP contribution in [0.4, 0.5) is 0 Å². The molecule has 32 heavy (non-hydrogen) atoms. The SMILES string of the molecule is O=C(O)c1cccc2c(S(=O)(=O)Oc3ccc(-c4ccccc4)cc3)ccc(C(=O)O)c12. The van der Waals surface area contributed by atoms with Gasteiger partial charge in [-0.3, -0.25) is 0 Å². The number of rotatable bonds is 6. The fourth-order valence-electron chi connectivity index (χ4n) is 3.46. The Kier molecular flexibility index (Phi) is 5.38. The van der Waals surface area contributed by atoms with Gasteiger partial charge in [0.1, 0.15) is 10.6 Å². The predicted molar refractivity (Wildman–Crippen MR) is 118 cm³/mol. The molecule has 8 heteroatoms. The molecule has 0 aromatic heterocycles. The van der Waals surface area contributed by atoms with Gasteiger partial charge >= 0.3 is 22.1 Å². The number of hydrogen-bond acceptors (Lipinski definition) is 5. The maximum Gasteiger partial charge on any atom is 0.339 e. The first-order valence-electron chi connectivity index (χ1n) is 9.40. The summed E-state index contributed by atoms with van der Waals surface area (Å²) in [4.78, 5) is 22.9. The molecule has 0 saturated heterocycles. The maximum atomic E-state index is 13.0. The van der Waals surface area contributed by atoms with Gasteiger partial charge in [0.25, 0.3) is 0 Å². The normalized spacial score (nSPS) is 11.2. The molecule has 0 fully saturated rings. The van der Waals surface area contributed by atoms with Gasteiger partial charge in [-0.05, 0) is 41.5 Å². The van der Waals surface area contributed by atoms with E-state index in [1.165, 1.54) is 30.3 Å². The van der Waals surface area contributed by atoms with Crippen LogP contribution in [-0.2, 0) is 10.1 Å². The number of benzene rings is 4.